The number of rotatable bonds is 8. The molecule has 0 bridgehead atoms. The van der Waals surface area contributed by atoms with Gasteiger partial charge in [0.15, 0.2) is 0 Å². The van der Waals surface area contributed by atoms with Crippen LogP contribution in [0.4, 0.5) is 10.7 Å². The lowest BCUT2D eigenvalue weighted by Gasteiger charge is -2.24. The fourth-order valence-electron chi connectivity index (χ4n) is 3.89. The molecular formula is C24H22Cl2N2O5S2. The molecule has 0 atom stereocenters. The zero-order valence-electron chi connectivity index (χ0n) is 18.7. The Morgan fingerprint density at radius 1 is 1.09 bits per heavy atom. The maximum absolute atomic E-state index is 13.5. The van der Waals surface area contributed by atoms with Crippen molar-refractivity contribution in [1.29, 1.82) is 0 Å². The van der Waals surface area contributed by atoms with E-state index in [0.717, 1.165) is 34.0 Å². The van der Waals surface area contributed by atoms with Crippen molar-refractivity contribution in [3.8, 4) is 0 Å². The van der Waals surface area contributed by atoms with Crippen molar-refractivity contribution in [3.05, 3.63) is 74.6 Å². The van der Waals surface area contributed by atoms with E-state index in [1.165, 1.54) is 41.7 Å². The summed E-state index contributed by atoms with van der Waals surface area (Å²) in [6.45, 7) is 1.39. The van der Waals surface area contributed by atoms with Gasteiger partial charge in [0.25, 0.3) is 10.0 Å². The minimum atomic E-state index is -4.14. The fourth-order valence-corrected chi connectivity index (χ4v) is 6.91. The zero-order chi connectivity index (χ0) is 25.2. The van der Waals surface area contributed by atoms with Gasteiger partial charge in [0.1, 0.15) is 11.5 Å². The molecule has 11 heteroatoms. The van der Waals surface area contributed by atoms with Crippen LogP contribution < -0.4 is 9.62 Å². The molecule has 1 aromatic heterocycles. The summed E-state index contributed by atoms with van der Waals surface area (Å²) in [5.74, 6) is -1.10. The van der Waals surface area contributed by atoms with Crippen LogP contribution in [0.5, 0.6) is 0 Å². The molecule has 1 N–H and O–H groups in total. The number of hydrogen-bond acceptors (Lipinski definition) is 6. The topological polar surface area (TPSA) is 92.8 Å². The number of ether oxygens (including phenoxy) is 1. The zero-order valence-corrected chi connectivity index (χ0v) is 21.9. The van der Waals surface area contributed by atoms with Crippen LogP contribution in [0.15, 0.2) is 53.4 Å². The van der Waals surface area contributed by atoms with Gasteiger partial charge in [0.05, 0.1) is 22.8 Å². The Bertz CT molecular complexity index is 1370. The van der Waals surface area contributed by atoms with Crippen molar-refractivity contribution in [1.82, 2.24) is 0 Å². The molecule has 0 saturated heterocycles. The standard InChI is InChI=1S/C24H22Cl2N2O5S2/c1-2-33-24(30)22-19-7-4-8-20(19)34-23(22)27-21(29)14-28(17-6-3-5-16(26)13-17)35(31,32)18-11-9-15(25)10-12-18/h3,5-6,9-13H,2,4,7-8,14H2,1H3,(H,27,29). The quantitative estimate of drug-likeness (QED) is 0.369. The molecule has 2 aromatic carbocycles. The molecule has 35 heavy (non-hydrogen) atoms. The monoisotopic (exact) mass is 552 g/mol. The summed E-state index contributed by atoms with van der Waals surface area (Å²) in [5, 5.41) is 3.81. The second-order valence-electron chi connectivity index (χ2n) is 7.78. The van der Waals surface area contributed by atoms with Crippen LogP contribution in [0.25, 0.3) is 0 Å². The van der Waals surface area contributed by atoms with E-state index < -0.39 is 28.4 Å². The van der Waals surface area contributed by atoms with Crippen LogP contribution in [0.3, 0.4) is 0 Å². The van der Waals surface area contributed by atoms with E-state index in [-0.39, 0.29) is 17.2 Å². The maximum Gasteiger partial charge on any atom is 0.341 e. The van der Waals surface area contributed by atoms with Crippen LogP contribution >= 0.6 is 34.5 Å². The summed E-state index contributed by atoms with van der Waals surface area (Å²) >= 11 is 13.4. The number of carbonyl (C=O) groups excluding carboxylic acids is 2. The molecule has 7 nitrogen and oxygen atoms in total. The van der Waals surface area contributed by atoms with Crippen LogP contribution in [0, 0.1) is 0 Å². The second kappa shape index (κ2) is 10.6. The van der Waals surface area contributed by atoms with Crippen molar-refractivity contribution < 1.29 is 22.7 Å². The van der Waals surface area contributed by atoms with Crippen molar-refractivity contribution in [2.45, 2.75) is 31.1 Å². The van der Waals surface area contributed by atoms with Crippen LogP contribution in [-0.2, 0) is 32.4 Å². The summed E-state index contributed by atoms with van der Waals surface area (Å²) in [7, 11) is -4.14. The second-order valence-corrected chi connectivity index (χ2v) is 11.6. The van der Waals surface area contributed by atoms with E-state index >= 15 is 0 Å². The van der Waals surface area contributed by atoms with Gasteiger partial charge < -0.3 is 10.1 Å². The van der Waals surface area contributed by atoms with Gasteiger partial charge in [-0.25, -0.2) is 13.2 Å². The number of carbonyl (C=O) groups is 2. The molecule has 0 unspecified atom stereocenters. The number of esters is 1. The van der Waals surface area contributed by atoms with Crippen LogP contribution in [0.2, 0.25) is 10.0 Å². The normalized spacial score (nSPS) is 12.8. The molecule has 1 aliphatic rings. The average molecular weight is 553 g/mol. The number of amides is 1. The molecule has 3 aromatic rings. The number of nitrogens with zero attached hydrogens (tertiary/aromatic N) is 1. The van der Waals surface area contributed by atoms with E-state index in [9.17, 15) is 18.0 Å². The Labute approximate surface area is 217 Å². The molecule has 0 spiro atoms. The molecule has 1 heterocycles. The number of thiophene rings is 1. The lowest BCUT2D eigenvalue weighted by atomic mass is 10.1. The van der Waals surface area contributed by atoms with Gasteiger partial charge in [-0.2, -0.15) is 0 Å². The van der Waals surface area contributed by atoms with Crippen molar-refractivity contribution in [3.63, 3.8) is 0 Å². The maximum atomic E-state index is 13.5. The number of fused-ring (bicyclic) bond motifs is 1. The fraction of sp³-hybridized carbons (Fsp3) is 0.250. The summed E-state index contributed by atoms with van der Waals surface area (Å²) in [6.07, 6.45) is 2.49. The number of nitrogens with one attached hydrogen (secondary N) is 1. The first kappa shape index (κ1) is 25.5. The molecule has 1 amide bonds. The van der Waals surface area contributed by atoms with Gasteiger partial charge in [0, 0.05) is 14.9 Å². The summed E-state index contributed by atoms with van der Waals surface area (Å²) in [4.78, 5) is 26.8. The van der Waals surface area contributed by atoms with E-state index in [1.54, 1.807) is 25.1 Å². The molecule has 0 aliphatic heterocycles. The first-order chi connectivity index (χ1) is 16.7. The Morgan fingerprint density at radius 3 is 2.51 bits per heavy atom. The molecule has 184 valence electrons. The molecule has 0 saturated carbocycles. The van der Waals surface area contributed by atoms with Crippen molar-refractivity contribution >= 4 is 67.1 Å². The summed E-state index contributed by atoms with van der Waals surface area (Å²) in [5.41, 5.74) is 1.47. The summed E-state index contributed by atoms with van der Waals surface area (Å²) < 4.78 is 33.2. The number of halogens is 2. The van der Waals surface area contributed by atoms with Gasteiger partial charge in [-0.15, -0.1) is 11.3 Å². The Morgan fingerprint density at radius 2 is 1.83 bits per heavy atom. The van der Waals surface area contributed by atoms with Crippen molar-refractivity contribution in [2.24, 2.45) is 0 Å². The third-order valence-electron chi connectivity index (χ3n) is 5.44. The molecule has 1 aliphatic carbocycles. The number of anilines is 2. The minimum absolute atomic E-state index is 0.0306. The smallest absolute Gasteiger partial charge is 0.341 e. The van der Waals surface area contributed by atoms with E-state index in [1.807, 2.05) is 0 Å². The van der Waals surface area contributed by atoms with Gasteiger partial charge in [-0.3, -0.25) is 9.10 Å². The largest absolute Gasteiger partial charge is 0.462 e. The minimum Gasteiger partial charge on any atom is -0.462 e. The lowest BCUT2D eigenvalue weighted by Crippen LogP contribution is -2.38. The lowest BCUT2D eigenvalue weighted by molar-refractivity contribution is -0.114. The Kier molecular flexibility index (Phi) is 7.70. The predicted molar refractivity (Wildman–Crippen MR) is 138 cm³/mol. The summed E-state index contributed by atoms with van der Waals surface area (Å²) in [6, 6.07) is 11.9. The third kappa shape index (κ3) is 5.48. The SMILES string of the molecule is CCOC(=O)c1c(NC(=O)CN(c2cccc(Cl)c2)S(=O)(=O)c2ccc(Cl)cc2)sc2c1CCC2. The number of sulfonamides is 1. The van der Waals surface area contributed by atoms with E-state index in [2.05, 4.69) is 5.32 Å². The molecule has 0 radical (unpaired) electrons. The highest BCUT2D eigenvalue weighted by Gasteiger charge is 2.31. The third-order valence-corrected chi connectivity index (χ3v) is 8.92. The molecule has 4 rings (SSSR count). The number of hydrogen-bond donors (Lipinski definition) is 1. The average Bonchev–Trinajstić information content (AvgIpc) is 3.38. The van der Waals surface area contributed by atoms with Crippen LogP contribution in [-0.4, -0.2) is 33.4 Å². The van der Waals surface area contributed by atoms with Crippen molar-refractivity contribution in [2.75, 3.05) is 22.8 Å². The van der Waals surface area contributed by atoms with Crippen LogP contribution in [0.1, 0.15) is 34.1 Å². The van der Waals surface area contributed by atoms with Gasteiger partial charge in [-0.05, 0) is 74.2 Å². The Hall–Kier alpha value is -2.59. The highest BCUT2D eigenvalue weighted by Crippen LogP contribution is 2.39. The first-order valence-electron chi connectivity index (χ1n) is 10.9. The highest BCUT2D eigenvalue weighted by molar-refractivity contribution is 7.92. The van der Waals surface area contributed by atoms with E-state index in [4.69, 9.17) is 27.9 Å². The first-order valence-corrected chi connectivity index (χ1v) is 13.9. The Balaban J connectivity index is 1.66. The number of aryl methyl sites for hydroxylation is 1. The predicted octanol–water partition coefficient (Wildman–Crippen LogP) is 5.55. The molecule has 0 fully saturated rings. The molecular weight excluding hydrogens is 531 g/mol. The highest BCUT2D eigenvalue weighted by atomic mass is 35.5. The van der Waals surface area contributed by atoms with Gasteiger partial charge >= 0.3 is 5.97 Å². The van der Waals surface area contributed by atoms with Gasteiger partial charge in [0.2, 0.25) is 5.91 Å². The van der Waals surface area contributed by atoms with E-state index in [0.29, 0.717) is 20.6 Å². The number of benzene rings is 2. The van der Waals surface area contributed by atoms with Gasteiger partial charge in [-0.1, -0.05) is 29.3 Å².